The number of carbonyl (C=O) groups excluding carboxylic acids is 1. The standard InChI is InChI=1S/C20H16N4O2/c25-19(14-23-12-4-3-7-20(23)26)22-16-8-10-17(11-9-16)24-18-6-2-1-5-15(18)13-21-24/h1-13H,14H2,(H,22,25). The second-order valence-corrected chi connectivity index (χ2v) is 5.88. The second-order valence-electron chi connectivity index (χ2n) is 5.88. The largest absolute Gasteiger partial charge is 0.325 e. The van der Waals surface area contributed by atoms with Crippen LogP contribution in [0.2, 0.25) is 0 Å². The molecule has 0 aliphatic heterocycles. The van der Waals surface area contributed by atoms with Crippen molar-refractivity contribution in [3.63, 3.8) is 0 Å². The molecule has 0 spiro atoms. The normalized spacial score (nSPS) is 10.8. The Hall–Kier alpha value is -3.67. The van der Waals surface area contributed by atoms with Crippen molar-refractivity contribution in [2.75, 3.05) is 5.32 Å². The Morgan fingerprint density at radius 3 is 2.54 bits per heavy atom. The monoisotopic (exact) mass is 344 g/mol. The molecule has 2 heterocycles. The molecule has 2 aromatic carbocycles. The molecular weight excluding hydrogens is 328 g/mol. The lowest BCUT2D eigenvalue weighted by molar-refractivity contribution is -0.116. The van der Waals surface area contributed by atoms with E-state index in [1.54, 1.807) is 18.3 Å². The van der Waals surface area contributed by atoms with Gasteiger partial charge in [0.15, 0.2) is 0 Å². The Balaban J connectivity index is 1.50. The molecule has 6 nitrogen and oxygen atoms in total. The molecule has 0 saturated carbocycles. The van der Waals surface area contributed by atoms with Crippen LogP contribution in [0.1, 0.15) is 0 Å². The summed E-state index contributed by atoms with van der Waals surface area (Å²) in [5.74, 6) is -0.254. The van der Waals surface area contributed by atoms with Crippen LogP contribution in [0, 0.1) is 0 Å². The van der Waals surface area contributed by atoms with E-state index in [2.05, 4.69) is 10.4 Å². The van der Waals surface area contributed by atoms with Gasteiger partial charge < -0.3 is 9.88 Å². The lowest BCUT2D eigenvalue weighted by atomic mass is 10.2. The fourth-order valence-electron chi connectivity index (χ4n) is 2.81. The van der Waals surface area contributed by atoms with Crippen molar-refractivity contribution in [2.45, 2.75) is 6.54 Å². The van der Waals surface area contributed by atoms with Gasteiger partial charge in [0.2, 0.25) is 5.91 Å². The van der Waals surface area contributed by atoms with Crippen molar-refractivity contribution >= 4 is 22.5 Å². The zero-order valence-electron chi connectivity index (χ0n) is 13.9. The fourth-order valence-corrected chi connectivity index (χ4v) is 2.81. The highest BCUT2D eigenvalue weighted by Crippen LogP contribution is 2.19. The van der Waals surface area contributed by atoms with E-state index in [1.807, 2.05) is 59.4 Å². The summed E-state index contributed by atoms with van der Waals surface area (Å²) in [4.78, 5) is 23.8. The van der Waals surface area contributed by atoms with Crippen molar-refractivity contribution in [1.29, 1.82) is 0 Å². The van der Waals surface area contributed by atoms with Crippen LogP contribution < -0.4 is 10.9 Å². The number of para-hydroxylation sites is 1. The van der Waals surface area contributed by atoms with E-state index in [1.165, 1.54) is 10.6 Å². The van der Waals surface area contributed by atoms with Crippen molar-refractivity contribution < 1.29 is 4.79 Å². The van der Waals surface area contributed by atoms with Crippen LogP contribution in [0.25, 0.3) is 16.6 Å². The quantitative estimate of drug-likeness (QED) is 0.619. The molecule has 26 heavy (non-hydrogen) atoms. The first-order valence-corrected chi connectivity index (χ1v) is 8.19. The number of amides is 1. The number of benzene rings is 2. The van der Waals surface area contributed by atoms with Crippen molar-refractivity contribution in [2.24, 2.45) is 0 Å². The summed E-state index contributed by atoms with van der Waals surface area (Å²) in [7, 11) is 0. The van der Waals surface area contributed by atoms with E-state index >= 15 is 0 Å². The second kappa shape index (κ2) is 6.68. The van der Waals surface area contributed by atoms with Gasteiger partial charge in [-0.1, -0.05) is 24.3 Å². The van der Waals surface area contributed by atoms with Gasteiger partial charge in [-0.15, -0.1) is 0 Å². The molecule has 0 radical (unpaired) electrons. The minimum Gasteiger partial charge on any atom is -0.325 e. The highest BCUT2D eigenvalue weighted by Gasteiger charge is 2.07. The highest BCUT2D eigenvalue weighted by molar-refractivity contribution is 5.90. The summed E-state index contributed by atoms with van der Waals surface area (Å²) >= 11 is 0. The van der Waals surface area contributed by atoms with Gasteiger partial charge in [0.25, 0.3) is 5.56 Å². The molecule has 4 aromatic rings. The number of hydrogen-bond donors (Lipinski definition) is 1. The number of hydrogen-bond acceptors (Lipinski definition) is 3. The van der Waals surface area contributed by atoms with Crippen molar-refractivity contribution in [3.05, 3.63) is 89.5 Å². The van der Waals surface area contributed by atoms with Gasteiger partial charge in [0.1, 0.15) is 6.54 Å². The average molecular weight is 344 g/mol. The number of nitrogens with zero attached hydrogens (tertiary/aromatic N) is 3. The molecule has 0 saturated heterocycles. The Kier molecular flexibility index (Phi) is 4.07. The third kappa shape index (κ3) is 3.12. The van der Waals surface area contributed by atoms with Gasteiger partial charge in [-0.3, -0.25) is 9.59 Å². The zero-order valence-corrected chi connectivity index (χ0v) is 13.9. The molecule has 6 heteroatoms. The number of anilines is 1. The SMILES string of the molecule is O=C(Cn1ccccc1=O)Nc1ccc(-n2ncc3ccccc32)cc1. The molecule has 0 unspecified atom stereocenters. The van der Waals surface area contributed by atoms with Crippen molar-refractivity contribution in [1.82, 2.24) is 14.3 Å². The van der Waals surface area contributed by atoms with Gasteiger partial charge in [-0.05, 0) is 36.4 Å². The lowest BCUT2D eigenvalue weighted by Crippen LogP contribution is -2.26. The Bertz CT molecular complexity index is 1130. The first-order valence-electron chi connectivity index (χ1n) is 8.19. The van der Waals surface area contributed by atoms with Gasteiger partial charge in [0.05, 0.1) is 17.4 Å². The maximum Gasteiger partial charge on any atom is 0.250 e. The molecular formula is C20H16N4O2. The van der Waals surface area contributed by atoms with E-state index in [0.29, 0.717) is 5.69 Å². The topological polar surface area (TPSA) is 68.9 Å². The van der Waals surface area contributed by atoms with Crippen molar-refractivity contribution in [3.8, 4) is 5.69 Å². The van der Waals surface area contributed by atoms with Gasteiger partial charge in [0, 0.05) is 23.3 Å². The van der Waals surface area contributed by atoms with Gasteiger partial charge in [-0.2, -0.15) is 5.10 Å². The predicted octanol–water partition coefficient (Wildman–Crippen LogP) is 2.83. The number of nitrogens with one attached hydrogen (secondary N) is 1. The minimum atomic E-state index is -0.254. The smallest absolute Gasteiger partial charge is 0.250 e. The predicted molar refractivity (Wildman–Crippen MR) is 100 cm³/mol. The molecule has 0 atom stereocenters. The molecule has 4 rings (SSSR count). The van der Waals surface area contributed by atoms with Crippen LogP contribution in [0.15, 0.2) is 83.9 Å². The van der Waals surface area contributed by atoms with Crippen LogP contribution in [0.3, 0.4) is 0 Å². The van der Waals surface area contributed by atoms with E-state index in [0.717, 1.165) is 16.6 Å². The Morgan fingerprint density at radius 2 is 1.73 bits per heavy atom. The van der Waals surface area contributed by atoms with E-state index in [-0.39, 0.29) is 18.0 Å². The maximum absolute atomic E-state index is 12.1. The third-order valence-corrected chi connectivity index (χ3v) is 4.09. The average Bonchev–Trinajstić information content (AvgIpc) is 3.08. The van der Waals surface area contributed by atoms with Crippen LogP contribution in [0.5, 0.6) is 0 Å². The number of pyridine rings is 1. The molecule has 1 amide bonds. The number of aromatic nitrogens is 3. The summed E-state index contributed by atoms with van der Waals surface area (Å²) in [5.41, 5.74) is 2.39. The first kappa shape index (κ1) is 15.8. The summed E-state index contributed by atoms with van der Waals surface area (Å²) in [6.45, 7) is -0.0226. The first-order chi connectivity index (χ1) is 12.7. The lowest BCUT2D eigenvalue weighted by Gasteiger charge is -2.08. The molecule has 0 bridgehead atoms. The summed E-state index contributed by atoms with van der Waals surface area (Å²) < 4.78 is 3.21. The molecule has 1 N–H and O–H groups in total. The third-order valence-electron chi connectivity index (χ3n) is 4.09. The molecule has 0 aliphatic rings. The Labute approximate surface area is 149 Å². The van der Waals surface area contributed by atoms with Crippen LogP contribution in [0.4, 0.5) is 5.69 Å². The Morgan fingerprint density at radius 1 is 0.962 bits per heavy atom. The molecule has 0 fully saturated rings. The van der Waals surface area contributed by atoms with E-state index in [9.17, 15) is 9.59 Å². The summed E-state index contributed by atoms with van der Waals surface area (Å²) in [5, 5.41) is 8.28. The molecule has 128 valence electrons. The molecule has 2 aromatic heterocycles. The fraction of sp³-hybridized carbons (Fsp3) is 0.0500. The number of fused-ring (bicyclic) bond motifs is 1. The minimum absolute atomic E-state index is 0.0226. The number of rotatable bonds is 4. The van der Waals surface area contributed by atoms with Gasteiger partial charge >= 0.3 is 0 Å². The van der Waals surface area contributed by atoms with Crippen LogP contribution in [-0.4, -0.2) is 20.3 Å². The van der Waals surface area contributed by atoms with E-state index in [4.69, 9.17) is 0 Å². The summed E-state index contributed by atoms with van der Waals surface area (Å²) in [6.07, 6.45) is 3.41. The van der Waals surface area contributed by atoms with Crippen LogP contribution >= 0.6 is 0 Å². The number of carbonyl (C=O) groups is 1. The molecule has 0 aliphatic carbocycles. The highest BCUT2D eigenvalue weighted by atomic mass is 16.2. The van der Waals surface area contributed by atoms with Crippen LogP contribution in [-0.2, 0) is 11.3 Å². The summed E-state index contributed by atoms with van der Waals surface area (Å²) in [6, 6.07) is 20.2. The zero-order chi connectivity index (χ0) is 17.9. The van der Waals surface area contributed by atoms with E-state index < -0.39 is 0 Å². The maximum atomic E-state index is 12.1. The van der Waals surface area contributed by atoms with Gasteiger partial charge in [-0.25, -0.2) is 4.68 Å².